The predicted octanol–water partition coefficient (Wildman–Crippen LogP) is 16.0. The molecule has 11 rings (SSSR count). The lowest BCUT2D eigenvalue weighted by Gasteiger charge is -2.28. The van der Waals surface area contributed by atoms with Crippen molar-refractivity contribution in [1.82, 2.24) is 0 Å². The third-order valence-electron chi connectivity index (χ3n) is 11.9. The van der Waals surface area contributed by atoms with Crippen molar-refractivity contribution in [2.75, 3.05) is 9.80 Å². The second-order valence-corrected chi connectivity index (χ2v) is 15.7. The molecule has 0 amide bonds. The van der Waals surface area contributed by atoms with Crippen LogP contribution < -0.4 is 9.80 Å². The molecule has 11 aromatic rings. The molecule has 0 aromatic heterocycles. The molecule has 0 aliphatic carbocycles. The van der Waals surface area contributed by atoms with Gasteiger partial charge in [-0.15, -0.1) is 0 Å². The highest BCUT2D eigenvalue weighted by Crippen LogP contribution is 2.49. The van der Waals surface area contributed by atoms with E-state index in [0.717, 1.165) is 77.9 Å². The summed E-state index contributed by atoms with van der Waals surface area (Å²) < 4.78 is 0. The van der Waals surface area contributed by atoms with E-state index >= 15 is 0 Å². The summed E-state index contributed by atoms with van der Waals surface area (Å²) in [5.41, 5.74) is 10.5. The number of hydrogen-bond acceptors (Lipinski definition) is 4. The van der Waals surface area contributed by atoms with Crippen LogP contribution in [0.2, 0.25) is 0 Å². The van der Waals surface area contributed by atoms with Gasteiger partial charge in [-0.1, -0.05) is 121 Å². The van der Waals surface area contributed by atoms with E-state index in [1.807, 2.05) is 36.4 Å². The predicted molar refractivity (Wildman–Crippen MR) is 260 cm³/mol. The molecule has 4 nitrogen and oxygen atoms in total. The molecule has 0 saturated heterocycles. The zero-order valence-corrected chi connectivity index (χ0v) is 33.7. The first-order chi connectivity index (χ1) is 30.6. The number of phenolic OH excluding ortho intramolecular Hbond substituents is 2. The quantitative estimate of drug-likeness (QED) is 0.150. The van der Waals surface area contributed by atoms with Gasteiger partial charge in [-0.25, -0.2) is 0 Å². The minimum Gasteiger partial charge on any atom is -0.508 e. The van der Waals surface area contributed by atoms with Crippen LogP contribution in [0.15, 0.2) is 231 Å². The topological polar surface area (TPSA) is 46.9 Å². The number of fused-ring (bicyclic) bond motifs is 4. The Balaban J connectivity index is 1.26. The second kappa shape index (κ2) is 15.4. The lowest BCUT2D eigenvalue weighted by Crippen LogP contribution is -2.10. The number of nitrogens with zero attached hydrogens (tertiary/aromatic N) is 2. The summed E-state index contributed by atoms with van der Waals surface area (Å²) in [5, 5.41) is 29.9. The summed E-state index contributed by atoms with van der Waals surface area (Å²) in [4.78, 5) is 4.50. The summed E-state index contributed by atoms with van der Waals surface area (Å²) in [5.74, 6) is 0.446. The molecule has 2 N–H and O–H groups in total. The van der Waals surface area contributed by atoms with Crippen LogP contribution in [0, 0.1) is 0 Å². The van der Waals surface area contributed by atoms with Crippen LogP contribution in [0.3, 0.4) is 0 Å². The first kappa shape index (κ1) is 36.7. The Kier molecular flexibility index (Phi) is 9.10. The molecule has 294 valence electrons. The molecular formula is C58H40N2O2. The molecule has 0 aliphatic rings. The fraction of sp³-hybridized carbons (Fsp3) is 0. The van der Waals surface area contributed by atoms with E-state index in [2.05, 4.69) is 180 Å². The highest BCUT2D eigenvalue weighted by Gasteiger charge is 2.22. The van der Waals surface area contributed by atoms with E-state index in [-0.39, 0.29) is 11.5 Å². The van der Waals surface area contributed by atoms with Crippen molar-refractivity contribution in [3.63, 3.8) is 0 Å². The summed E-state index contributed by atoms with van der Waals surface area (Å²) in [6.07, 6.45) is 0. The van der Waals surface area contributed by atoms with Gasteiger partial charge >= 0.3 is 0 Å². The largest absolute Gasteiger partial charge is 0.508 e. The Morgan fingerprint density at radius 3 is 0.984 bits per heavy atom. The molecule has 0 fully saturated rings. The Hall–Kier alpha value is -8.34. The van der Waals surface area contributed by atoms with Gasteiger partial charge in [-0.05, 0) is 175 Å². The van der Waals surface area contributed by atoms with E-state index in [1.165, 1.54) is 21.5 Å². The standard InChI is InChI=1S/C58H40N2O2/c61-51-29-23-47(24-30-51)59(45-15-3-1-4-16-45)49-27-33-53-55(37-49)57(43-21-19-39-11-7-9-13-41(39)35-43)54-34-28-50(60(46-17-5-2-6-18-46)48-25-31-52(62)32-26-48)38-56(54)58(53)44-22-20-40-12-8-10-14-42(40)36-44/h1-38,61-62H. The Bertz CT molecular complexity index is 3190. The van der Waals surface area contributed by atoms with Crippen molar-refractivity contribution in [1.29, 1.82) is 0 Å². The van der Waals surface area contributed by atoms with Crippen LogP contribution in [0.4, 0.5) is 34.1 Å². The lowest BCUT2D eigenvalue weighted by atomic mass is 9.84. The number of benzene rings is 11. The van der Waals surface area contributed by atoms with Crippen molar-refractivity contribution in [2.45, 2.75) is 0 Å². The van der Waals surface area contributed by atoms with E-state index < -0.39 is 0 Å². The van der Waals surface area contributed by atoms with Gasteiger partial charge in [0.2, 0.25) is 0 Å². The van der Waals surface area contributed by atoms with Crippen molar-refractivity contribution < 1.29 is 10.2 Å². The Morgan fingerprint density at radius 1 is 0.242 bits per heavy atom. The first-order valence-corrected chi connectivity index (χ1v) is 20.9. The maximum atomic E-state index is 10.3. The van der Waals surface area contributed by atoms with Gasteiger partial charge in [0.25, 0.3) is 0 Å². The number of rotatable bonds is 8. The van der Waals surface area contributed by atoms with Crippen LogP contribution in [0.25, 0.3) is 65.3 Å². The number of aromatic hydroxyl groups is 2. The molecule has 0 bridgehead atoms. The average molecular weight is 797 g/mol. The lowest BCUT2D eigenvalue weighted by molar-refractivity contribution is 0.475. The SMILES string of the molecule is Oc1ccc(N(c2ccccc2)c2ccc3c(-c4ccc5ccccc5c4)c4cc(N(c5ccccc5)c5ccc(O)cc5)ccc4c(-c4ccc5ccccc5c4)c3c2)cc1. The van der Waals surface area contributed by atoms with Crippen LogP contribution in [-0.2, 0) is 0 Å². The van der Waals surface area contributed by atoms with Crippen molar-refractivity contribution >= 4 is 77.2 Å². The number of phenols is 2. The van der Waals surface area contributed by atoms with Gasteiger partial charge in [0.15, 0.2) is 0 Å². The van der Waals surface area contributed by atoms with Gasteiger partial charge in [0, 0.05) is 34.1 Å². The fourth-order valence-corrected chi connectivity index (χ4v) is 9.05. The molecule has 0 spiro atoms. The van der Waals surface area contributed by atoms with Crippen molar-refractivity contribution in [2.24, 2.45) is 0 Å². The molecular weight excluding hydrogens is 757 g/mol. The molecule has 62 heavy (non-hydrogen) atoms. The van der Waals surface area contributed by atoms with Gasteiger partial charge in [0.1, 0.15) is 11.5 Å². The van der Waals surface area contributed by atoms with Gasteiger partial charge in [-0.2, -0.15) is 0 Å². The molecule has 0 aliphatic heterocycles. The van der Waals surface area contributed by atoms with Gasteiger partial charge in [-0.3, -0.25) is 0 Å². The number of para-hydroxylation sites is 2. The molecule has 0 radical (unpaired) electrons. The third kappa shape index (κ3) is 6.61. The minimum atomic E-state index is 0.223. The molecule has 0 atom stereocenters. The van der Waals surface area contributed by atoms with Crippen molar-refractivity contribution in [3.05, 3.63) is 231 Å². The minimum absolute atomic E-state index is 0.223. The van der Waals surface area contributed by atoms with Crippen LogP contribution in [-0.4, -0.2) is 10.2 Å². The molecule has 0 saturated carbocycles. The zero-order valence-electron chi connectivity index (χ0n) is 33.7. The van der Waals surface area contributed by atoms with E-state index in [4.69, 9.17) is 0 Å². The smallest absolute Gasteiger partial charge is 0.115 e. The van der Waals surface area contributed by atoms with Crippen molar-refractivity contribution in [3.8, 4) is 33.8 Å². The fourth-order valence-electron chi connectivity index (χ4n) is 9.05. The summed E-state index contributed by atoms with van der Waals surface area (Å²) >= 11 is 0. The normalized spacial score (nSPS) is 11.4. The van der Waals surface area contributed by atoms with E-state index in [0.29, 0.717) is 0 Å². The zero-order chi connectivity index (χ0) is 41.6. The summed E-state index contributed by atoms with van der Waals surface area (Å²) in [6, 6.07) is 80.0. The molecule has 0 heterocycles. The third-order valence-corrected chi connectivity index (χ3v) is 11.9. The van der Waals surface area contributed by atoms with Crippen LogP contribution in [0.1, 0.15) is 0 Å². The van der Waals surface area contributed by atoms with Gasteiger partial charge < -0.3 is 20.0 Å². The highest BCUT2D eigenvalue weighted by molar-refractivity contribution is 6.23. The summed E-state index contributed by atoms with van der Waals surface area (Å²) in [7, 11) is 0. The van der Waals surface area contributed by atoms with Gasteiger partial charge in [0.05, 0.1) is 0 Å². The van der Waals surface area contributed by atoms with E-state index in [9.17, 15) is 10.2 Å². The number of hydrogen-bond donors (Lipinski definition) is 2. The Morgan fingerprint density at radius 2 is 0.581 bits per heavy atom. The molecule has 4 heteroatoms. The van der Waals surface area contributed by atoms with Crippen LogP contribution in [0.5, 0.6) is 11.5 Å². The molecule has 0 unspecified atom stereocenters. The first-order valence-electron chi connectivity index (χ1n) is 20.9. The highest BCUT2D eigenvalue weighted by atomic mass is 16.3. The van der Waals surface area contributed by atoms with Crippen LogP contribution >= 0.6 is 0 Å². The number of anilines is 6. The monoisotopic (exact) mass is 796 g/mol. The Labute approximate surface area is 360 Å². The second-order valence-electron chi connectivity index (χ2n) is 15.7. The maximum absolute atomic E-state index is 10.3. The molecule has 11 aromatic carbocycles. The maximum Gasteiger partial charge on any atom is 0.115 e. The average Bonchev–Trinajstić information content (AvgIpc) is 3.32. The summed E-state index contributed by atoms with van der Waals surface area (Å²) in [6.45, 7) is 0. The van der Waals surface area contributed by atoms with E-state index in [1.54, 1.807) is 24.3 Å².